The first kappa shape index (κ1) is 9.78. The van der Waals surface area contributed by atoms with Gasteiger partial charge < -0.3 is 4.90 Å². The third kappa shape index (κ3) is 2.97. The van der Waals surface area contributed by atoms with Gasteiger partial charge in [-0.3, -0.25) is 4.79 Å². The van der Waals surface area contributed by atoms with Crippen molar-refractivity contribution in [3.63, 3.8) is 0 Å². The van der Waals surface area contributed by atoms with E-state index in [2.05, 4.69) is 15.9 Å². The Morgan fingerprint density at radius 1 is 1.33 bits per heavy atom. The van der Waals surface area contributed by atoms with Crippen LogP contribution in [-0.2, 0) is 4.79 Å². The number of halogens is 1. The molecule has 0 aromatic heterocycles. The third-order valence-electron chi connectivity index (χ3n) is 2.02. The summed E-state index contributed by atoms with van der Waals surface area (Å²) >= 11 is 3.24. The van der Waals surface area contributed by atoms with E-state index < -0.39 is 0 Å². The van der Waals surface area contributed by atoms with Crippen molar-refractivity contribution in [2.24, 2.45) is 0 Å². The van der Waals surface area contributed by atoms with Crippen molar-refractivity contribution in [3.05, 3.63) is 12.2 Å². The van der Waals surface area contributed by atoms with Gasteiger partial charge in [0.1, 0.15) is 0 Å². The van der Waals surface area contributed by atoms with Crippen molar-refractivity contribution in [3.8, 4) is 0 Å². The highest BCUT2D eigenvalue weighted by molar-refractivity contribution is 9.09. The molecular weight excluding hydrogens is 218 g/mol. The summed E-state index contributed by atoms with van der Waals surface area (Å²) in [5.41, 5.74) is 0. The molecular formula is C9H14BrNO. The summed E-state index contributed by atoms with van der Waals surface area (Å²) in [6, 6.07) is 0. The molecule has 0 N–H and O–H groups in total. The van der Waals surface area contributed by atoms with Crippen molar-refractivity contribution < 1.29 is 4.79 Å². The zero-order valence-corrected chi connectivity index (χ0v) is 8.72. The van der Waals surface area contributed by atoms with Crippen LogP contribution in [-0.4, -0.2) is 29.2 Å². The molecule has 2 nitrogen and oxygen atoms in total. The van der Waals surface area contributed by atoms with E-state index in [1.807, 2.05) is 11.0 Å². The quantitative estimate of drug-likeness (QED) is 0.526. The highest BCUT2D eigenvalue weighted by Gasteiger charge is 2.12. The molecule has 0 radical (unpaired) electrons. The number of piperidine rings is 1. The summed E-state index contributed by atoms with van der Waals surface area (Å²) in [6.07, 6.45) is 7.09. The number of allylic oxidation sites excluding steroid dienone is 1. The Kier molecular flexibility index (Phi) is 4.36. The van der Waals surface area contributed by atoms with Crippen LogP contribution in [0.5, 0.6) is 0 Å². The minimum absolute atomic E-state index is 0.161. The summed E-state index contributed by atoms with van der Waals surface area (Å²) in [6.45, 7) is 1.87. The first-order valence-electron chi connectivity index (χ1n) is 4.36. The van der Waals surface area contributed by atoms with Gasteiger partial charge in [0.05, 0.1) is 0 Å². The van der Waals surface area contributed by atoms with Gasteiger partial charge in [-0.2, -0.15) is 0 Å². The van der Waals surface area contributed by atoms with Gasteiger partial charge >= 0.3 is 0 Å². The van der Waals surface area contributed by atoms with Crippen LogP contribution in [0.3, 0.4) is 0 Å². The fourth-order valence-corrected chi connectivity index (χ4v) is 1.55. The predicted octanol–water partition coefficient (Wildman–Crippen LogP) is 1.95. The van der Waals surface area contributed by atoms with E-state index in [-0.39, 0.29) is 5.91 Å². The average molecular weight is 232 g/mol. The van der Waals surface area contributed by atoms with Crippen LogP contribution >= 0.6 is 15.9 Å². The van der Waals surface area contributed by atoms with E-state index in [1.54, 1.807) is 6.08 Å². The summed E-state index contributed by atoms with van der Waals surface area (Å²) in [5.74, 6) is 0.161. The number of hydrogen-bond acceptors (Lipinski definition) is 1. The fourth-order valence-electron chi connectivity index (χ4n) is 1.37. The van der Waals surface area contributed by atoms with Gasteiger partial charge in [-0.1, -0.05) is 22.0 Å². The Labute approximate surface area is 81.8 Å². The average Bonchev–Trinajstić information content (AvgIpc) is 2.15. The van der Waals surface area contributed by atoms with E-state index in [9.17, 15) is 4.79 Å². The Morgan fingerprint density at radius 2 is 2.00 bits per heavy atom. The smallest absolute Gasteiger partial charge is 0.246 e. The molecule has 0 bridgehead atoms. The van der Waals surface area contributed by atoms with E-state index in [0.29, 0.717) is 0 Å². The van der Waals surface area contributed by atoms with E-state index in [1.165, 1.54) is 6.42 Å². The molecule has 0 saturated carbocycles. The lowest BCUT2D eigenvalue weighted by Crippen LogP contribution is -2.34. The molecule has 1 fully saturated rings. The van der Waals surface area contributed by atoms with Crippen LogP contribution in [0.25, 0.3) is 0 Å². The molecule has 0 atom stereocenters. The van der Waals surface area contributed by atoms with Crippen LogP contribution in [0.4, 0.5) is 0 Å². The molecule has 1 aliphatic heterocycles. The highest BCUT2D eigenvalue weighted by Crippen LogP contribution is 2.08. The molecule has 1 saturated heterocycles. The van der Waals surface area contributed by atoms with Crippen molar-refractivity contribution >= 4 is 21.8 Å². The number of alkyl halides is 1. The molecule has 0 aromatic rings. The molecule has 68 valence electrons. The van der Waals surface area contributed by atoms with Crippen LogP contribution in [0.1, 0.15) is 19.3 Å². The fraction of sp³-hybridized carbons (Fsp3) is 0.667. The summed E-state index contributed by atoms with van der Waals surface area (Å²) in [4.78, 5) is 13.3. The Bertz CT molecular complexity index is 173. The second-order valence-electron chi connectivity index (χ2n) is 2.94. The Morgan fingerprint density at radius 3 is 2.58 bits per heavy atom. The van der Waals surface area contributed by atoms with Crippen LogP contribution in [0, 0.1) is 0 Å². The second kappa shape index (κ2) is 5.36. The molecule has 0 unspecified atom stereocenters. The lowest BCUT2D eigenvalue weighted by atomic mass is 10.1. The Hall–Kier alpha value is -0.310. The molecule has 0 aliphatic carbocycles. The van der Waals surface area contributed by atoms with E-state index in [0.717, 1.165) is 31.3 Å². The zero-order chi connectivity index (χ0) is 8.81. The van der Waals surface area contributed by atoms with Crippen LogP contribution in [0.2, 0.25) is 0 Å². The minimum atomic E-state index is 0.161. The number of rotatable bonds is 2. The highest BCUT2D eigenvalue weighted by atomic mass is 79.9. The maximum atomic E-state index is 11.4. The molecule has 1 amide bonds. The molecule has 1 rings (SSSR count). The monoisotopic (exact) mass is 231 g/mol. The van der Waals surface area contributed by atoms with Crippen LogP contribution < -0.4 is 0 Å². The largest absolute Gasteiger partial charge is 0.339 e. The third-order valence-corrected chi connectivity index (χ3v) is 2.39. The molecule has 0 aromatic carbocycles. The first-order valence-corrected chi connectivity index (χ1v) is 5.48. The van der Waals surface area contributed by atoms with Crippen LogP contribution in [0.15, 0.2) is 12.2 Å². The zero-order valence-electron chi connectivity index (χ0n) is 7.13. The summed E-state index contributed by atoms with van der Waals surface area (Å²) < 4.78 is 0. The molecule has 1 heterocycles. The lowest BCUT2D eigenvalue weighted by molar-refractivity contribution is -0.126. The van der Waals surface area contributed by atoms with Gasteiger partial charge in [0, 0.05) is 18.4 Å². The minimum Gasteiger partial charge on any atom is -0.339 e. The topological polar surface area (TPSA) is 20.3 Å². The van der Waals surface area contributed by atoms with E-state index >= 15 is 0 Å². The molecule has 12 heavy (non-hydrogen) atoms. The number of carbonyl (C=O) groups is 1. The molecule has 3 heteroatoms. The van der Waals surface area contributed by atoms with Crippen molar-refractivity contribution in [2.75, 3.05) is 18.4 Å². The maximum absolute atomic E-state index is 11.4. The summed E-state index contributed by atoms with van der Waals surface area (Å²) in [7, 11) is 0. The van der Waals surface area contributed by atoms with Gasteiger partial charge in [-0.05, 0) is 25.3 Å². The standard InChI is InChI=1S/C9H14BrNO/c10-6-4-5-9(12)11-7-2-1-3-8-11/h4-5H,1-3,6-8H2. The van der Waals surface area contributed by atoms with Gasteiger partial charge in [0.25, 0.3) is 0 Å². The maximum Gasteiger partial charge on any atom is 0.246 e. The number of hydrogen-bond donors (Lipinski definition) is 0. The number of carbonyl (C=O) groups excluding carboxylic acids is 1. The van der Waals surface area contributed by atoms with Crippen molar-refractivity contribution in [2.45, 2.75) is 19.3 Å². The van der Waals surface area contributed by atoms with Gasteiger partial charge in [-0.15, -0.1) is 0 Å². The normalized spacial score (nSPS) is 18.6. The number of nitrogens with zero attached hydrogens (tertiary/aromatic N) is 1. The lowest BCUT2D eigenvalue weighted by Gasteiger charge is -2.25. The van der Waals surface area contributed by atoms with Gasteiger partial charge in [0.2, 0.25) is 5.91 Å². The Balaban J connectivity index is 2.34. The van der Waals surface area contributed by atoms with Crippen molar-refractivity contribution in [1.29, 1.82) is 0 Å². The summed E-state index contributed by atoms with van der Waals surface area (Å²) in [5, 5.41) is 0.757. The predicted molar refractivity (Wildman–Crippen MR) is 53.4 cm³/mol. The van der Waals surface area contributed by atoms with Gasteiger partial charge in [-0.25, -0.2) is 0 Å². The van der Waals surface area contributed by atoms with E-state index in [4.69, 9.17) is 0 Å². The number of amides is 1. The van der Waals surface area contributed by atoms with Gasteiger partial charge in [0.15, 0.2) is 0 Å². The van der Waals surface area contributed by atoms with Crippen molar-refractivity contribution in [1.82, 2.24) is 4.90 Å². The number of likely N-dealkylation sites (tertiary alicyclic amines) is 1. The second-order valence-corrected chi connectivity index (χ2v) is 3.59. The molecule has 1 aliphatic rings. The first-order chi connectivity index (χ1) is 5.84. The molecule has 0 spiro atoms. The SMILES string of the molecule is O=C(C=CCBr)N1CCCCC1.